The van der Waals surface area contributed by atoms with Crippen molar-refractivity contribution in [3.8, 4) is 68.3 Å². The molecule has 4 N–H and O–H groups in total. The minimum absolute atomic E-state index is 0. The van der Waals surface area contributed by atoms with E-state index in [1.54, 1.807) is 0 Å². The van der Waals surface area contributed by atoms with E-state index in [4.69, 9.17) is 29.9 Å². The first kappa shape index (κ1) is 72.5. The number of hydrogen-bond donors (Lipinski definition) is 4. The van der Waals surface area contributed by atoms with Crippen molar-refractivity contribution in [2.45, 2.75) is 232 Å². The summed E-state index contributed by atoms with van der Waals surface area (Å²) in [6.07, 6.45) is 31.5. The normalized spacial score (nSPS) is 12.0. The molecule has 13 heteroatoms. The summed E-state index contributed by atoms with van der Waals surface area (Å²) < 4.78 is 0. The van der Waals surface area contributed by atoms with Crippen LogP contribution in [0, 0.1) is 0 Å². The lowest BCUT2D eigenvalue weighted by Crippen LogP contribution is -2.34. The highest BCUT2D eigenvalue weighted by atomic mass is 28.4. The molecule has 0 spiro atoms. The molecular weight excluding hydrogens is 1240 g/mol. The van der Waals surface area contributed by atoms with Crippen LogP contribution in [0.25, 0.3) is 133 Å². The molecule has 510 valence electrons. The van der Waals surface area contributed by atoms with Gasteiger partial charge in [-0.3, -0.25) is 0 Å². The number of nitrogens with one attached hydrogen (secondary N) is 2. The molecule has 3 aliphatic heterocycles. The fourth-order valence-electron chi connectivity index (χ4n) is 14.6. The Labute approximate surface area is 584 Å². The molecule has 0 unspecified atom stereocenters. The number of rotatable bonds is 30. The molecule has 0 amide bonds. The molecule has 97 heavy (non-hydrogen) atoms. The molecule has 3 aliphatic rings. The molecule has 2 aromatic heterocycles. The monoisotopic (exact) mass is 1350 g/mol. The molecule has 0 saturated carbocycles. The predicted octanol–water partition coefficient (Wildman–Crippen LogP) is 23.3. The van der Waals surface area contributed by atoms with Gasteiger partial charge in [-0.2, -0.15) is 0 Å². The van der Waals surface area contributed by atoms with Crippen molar-refractivity contribution >= 4 is 92.8 Å². The SMILES string of the molecule is CCCCCC[Si](O)(CCCCCC)CCCCCC.CCCCCC[Si](O)(CCCCCC)CCCCCC.[SiH4].c1ccc2cc3c(cc2c1)-c1nc-3nc2[nH]c(nc3nc([nH]c4nc(n1)-c1cc5ccccc5cc1-4)-c1cc4ccccc4cc1-3)c1cc3ccccc3cc21. The summed E-state index contributed by atoms with van der Waals surface area (Å²) in [4.78, 5) is 60.9. The molecule has 8 bridgehead atoms. The van der Waals surface area contributed by atoms with Gasteiger partial charge in [0.1, 0.15) is 22.9 Å². The third-order valence-corrected chi connectivity index (χ3v) is 28.0. The maximum Gasteiger partial charge on any atom is 0.188 e. The lowest BCUT2D eigenvalue weighted by molar-refractivity contribution is 0.498. The summed E-state index contributed by atoms with van der Waals surface area (Å²) in [5.74, 6) is 3.65. The number of unbranched alkanes of at least 4 members (excludes halogenated alkanes) is 18. The minimum atomic E-state index is -1.90. The Morgan fingerprint density at radius 2 is 0.495 bits per heavy atom. The zero-order chi connectivity index (χ0) is 66.7. The molecule has 8 aromatic carbocycles. The highest BCUT2D eigenvalue weighted by Crippen LogP contribution is 2.43. The van der Waals surface area contributed by atoms with Crippen molar-refractivity contribution in [1.29, 1.82) is 0 Å². The van der Waals surface area contributed by atoms with Crippen molar-refractivity contribution in [1.82, 2.24) is 39.9 Å². The predicted molar refractivity (Wildman–Crippen MR) is 425 cm³/mol. The smallest absolute Gasteiger partial charge is 0.188 e. The zero-order valence-corrected chi connectivity index (χ0v) is 60.6. The Kier molecular flexibility index (Phi) is 26.5. The van der Waals surface area contributed by atoms with Crippen LogP contribution in [0.3, 0.4) is 0 Å². The van der Waals surface area contributed by atoms with E-state index >= 15 is 0 Å². The van der Waals surface area contributed by atoms with Gasteiger partial charge < -0.3 is 19.6 Å². The van der Waals surface area contributed by atoms with Gasteiger partial charge in [-0.15, -0.1) is 0 Å². The molecule has 0 atom stereocenters. The van der Waals surface area contributed by atoms with Gasteiger partial charge in [0.25, 0.3) is 0 Å². The van der Waals surface area contributed by atoms with E-state index in [-0.39, 0.29) is 11.0 Å². The number of benzene rings is 8. The lowest BCUT2D eigenvalue weighted by atomic mass is 10.0. The van der Waals surface area contributed by atoms with Gasteiger partial charge in [0.2, 0.25) is 0 Å². The van der Waals surface area contributed by atoms with E-state index in [1.807, 2.05) is 0 Å². The maximum atomic E-state index is 11.0. The summed E-state index contributed by atoms with van der Waals surface area (Å²) in [5.41, 5.74) is 6.91. The van der Waals surface area contributed by atoms with Crippen molar-refractivity contribution < 1.29 is 9.59 Å². The van der Waals surface area contributed by atoms with Crippen LogP contribution in [-0.4, -0.2) is 77.1 Å². The number of aromatic nitrogens is 8. The Bertz CT molecular complexity index is 4110. The summed E-state index contributed by atoms with van der Waals surface area (Å²) in [6, 6.07) is 57.9. The second kappa shape index (κ2) is 35.5. The maximum absolute atomic E-state index is 11.0. The van der Waals surface area contributed by atoms with E-state index in [9.17, 15) is 9.59 Å². The van der Waals surface area contributed by atoms with Gasteiger partial charge >= 0.3 is 0 Å². The quantitative estimate of drug-likeness (QED) is 0.0257. The zero-order valence-electron chi connectivity index (χ0n) is 58.6. The average molecular weight is 1350 g/mol. The molecule has 0 saturated heterocycles. The number of H-pyrrole nitrogens is 2. The van der Waals surface area contributed by atoms with E-state index < -0.39 is 16.6 Å². The topological polar surface area (TPSA) is 149 Å². The number of hydrogen-bond acceptors (Lipinski definition) is 8. The summed E-state index contributed by atoms with van der Waals surface area (Å²) >= 11 is 0. The molecule has 0 fully saturated rings. The van der Waals surface area contributed by atoms with Gasteiger partial charge in [-0.25, -0.2) is 29.9 Å². The molecular formula is C84H110N8O2Si3. The van der Waals surface area contributed by atoms with E-state index in [0.717, 1.165) is 87.2 Å². The van der Waals surface area contributed by atoms with Crippen molar-refractivity contribution in [2.24, 2.45) is 0 Å². The highest BCUT2D eigenvalue weighted by molar-refractivity contribution is 6.72. The van der Waals surface area contributed by atoms with Gasteiger partial charge in [0.15, 0.2) is 39.9 Å². The van der Waals surface area contributed by atoms with Crippen LogP contribution in [0.4, 0.5) is 0 Å². The third-order valence-electron chi connectivity index (χ3n) is 20.3. The van der Waals surface area contributed by atoms with E-state index in [2.05, 4.69) is 197 Å². The fraction of sp³-hybridized carbons (Fsp3) is 0.429. The number of nitrogens with zero attached hydrogens (tertiary/aromatic N) is 6. The van der Waals surface area contributed by atoms with Gasteiger partial charge in [0, 0.05) is 44.2 Å². The fourth-order valence-corrected chi connectivity index (χ4v) is 21.5. The second-order valence-electron chi connectivity index (χ2n) is 27.9. The van der Waals surface area contributed by atoms with Gasteiger partial charge in [-0.05, 0) is 139 Å². The van der Waals surface area contributed by atoms with Crippen molar-refractivity contribution in [3.63, 3.8) is 0 Å². The first-order valence-corrected chi connectivity index (χ1v) is 42.6. The first-order valence-electron chi connectivity index (χ1n) is 37.4. The van der Waals surface area contributed by atoms with Crippen LogP contribution >= 0.6 is 0 Å². The Hall–Kier alpha value is -7.27. The van der Waals surface area contributed by atoms with Crippen molar-refractivity contribution in [2.75, 3.05) is 0 Å². The molecule has 13 rings (SSSR count). The standard InChI is InChI=1S/C48H26N8.2C18H40OSi.H4Si/c1-2-10-26-18-34-33(17-25(26)9-1)41-49-42(34)54-44-37-21-29-13-5-6-14-30(29)22-38(37)46(51-44)56-48-40-24-32-16-8-7-15-31(32)23-39(40)47(52-48)55-45-36-20-28-12-4-3-11-27(28)19-35(36)43(50-45)53-41;2*1-4-7-10-13-16-20(19,17-14-11-8-5-2)18-15-12-9-6-3;/h1-24H,(H2,49,50,51,52,53,54,55,56);2*19H,4-18H2,1-3H3;1H4. The van der Waals surface area contributed by atoms with Crippen molar-refractivity contribution in [3.05, 3.63) is 146 Å². The Morgan fingerprint density at radius 1 is 0.268 bits per heavy atom. The van der Waals surface area contributed by atoms with E-state index in [1.165, 1.54) is 190 Å². The molecule has 0 radical (unpaired) electrons. The summed E-state index contributed by atoms with van der Waals surface area (Å²) in [6.45, 7) is 13.6. The largest absolute Gasteiger partial charge is 0.432 e. The highest BCUT2D eigenvalue weighted by Gasteiger charge is 2.31. The van der Waals surface area contributed by atoms with Crippen LogP contribution < -0.4 is 0 Å². The minimum Gasteiger partial charge on any atom is -0.432 e. The molecule has 0 aliphatic carbocycles. The van der Waals surface area contributed by atoms with Crippen LogP contribution in [0.15, 0.2) is 146 Å². The van der Waals surface area contributed by atoms with Crippen LogP contribution in [0.2, 0.25) is 36.3 Å². The molecule has 5 heterocycles. The molecule has 10 aromatic rings. The summed E-state index contributed by atoms with van der Waals surface area (Å²) in [7, 11) is -3.80. The number of fused-ring (bicyclic) bond motifs is 24. The second-order valence-corrected chi connectivity index (χ2v) is 35.8. The lowest BCUT2D eigenvalue weighted by Gasteiger charge is -2.25. The Morgan fingerprint density at radius 3 is 0.773 bits per heavy atom. The first-order chi connectivity index (χ1) is 47.0. The summed E-state index contributed by atoms with van der Waals surface area (Å²) in [5, 5.41) is 10.8. The van der Waals surface area contributed by atoms with E-state index in [0.29, 0.717) is 46.2 Å². The van der Waals surface area contributed by atoms with Crippen LogP contribution in [0.5, 0.6) is 0 Å². The van der Waals surface area contributed by atoms with Gasteiger partial charge in [-0.1, -0.05) is 293 Å². The molecule has 10 nitrogen and oxygen atoms in total. The van der Waals surface area contributed by atoms with Crippen LogP contribution in [0.1, 0.15) is 196 Å². The average Bonchev–Trinajstić information content (AvgIpc) is 1.64. The number of aromatic amines is 2. The third kappa shape index (κ3) is 18.3. The Balaban J connectivity index is 0.000000207. The van der Waals surface area contributed by atoms with Gasteiger partial charge in [0.05, 0.1) is 0 Å². The van der Waals surface area contributed by atoms with Crippen LogP contribution in [-0.2, 0) is 0 Å².